The smallest absolute Gasteiger partial charge is 0.0594 e. The van der Waals surface area contributed by atoms with Gasteiger partial charge in [0.05, 0.1) is 13.2 Å². The minimum Gasteiger partial charge on any atom is -0.379 e. The molecule has 0 radical (unpaired) electrons. The number of benzene rings is 1. The zero-order valence-electron chi connectivity index (χ0n) is 17.0. The predicted molar refractivity (Wildman–Crippen MR) is 114 cm³/mol. The van der Waals surface area contributed by atoms with Gasteiger partial charge in [-0.25, -0.2) is 0 Å². The van der Waals surface area contributed by atoms with E-state index in [2.05, 4.69) is 66.3 Å². The summed E-state index contributed by atoms with van der Waals surface area (Å²) in [7, 11) is 0. The first kappa shape index (κ1) is 20.3. The highest BCUT2D eigenvalue weighted by Crippen LogP contribution is 2.24. The molecule has 0 amide bonds. The fraction of sp³-hybridized carbons (Fsp3) is 0.583. The van der Waals surface area contributed by atoms with Crippen LogP contribution >= 0.6 is 0 Å². The maximum atomic E-state index is 5.49. The van der Waals surface area contributed by atoms with Crippen LogP contribution in [0.25, 0.3) is 0 Å². The molecule has 0 saturated carbocycles. The van der Waals surface area contributed by atoms with Crippen LogP contribution in [0.3, 0.4) is 0 Å². The third kappa shape index (κ3) is 5.78. The van der Waals surface area contributed by atoms with Gasteiger partial charge in [-0.15, -0.1) is 13.2 Å². The molecule has 148 valence electrons. The van der Waals surface area contributed by atoms with Crippen molar-refractivity contribution in [1.29, 1.82) is 0 Å². The zero-order chi connectivity index (χ0) is 19.1. The molecule has 3 heteroatoms. The van der Waals surface area contributed by atoms with Crippen molar-refractivity contribution in [2.75, 3.05) is 39.4 Å². The molecule has 2 heterocycles. The van der Waals surface area contributed by atoms with E-state index in [0.717, 1.165) is 38.6 Å². The van der Waals surface area contributed by atoms with Crippen molar-refractivity contribution in [2.45, 2.75) is 44.7 Å². The molecule has 2 unspecified atom stereocenters. The van der Waals surface area contributed by atoms with Crippen LogP contribution in [0.1, 0.15) is 30.9 Å². The van der Waals surface area contributed by atoms with Gasteiger partial charge in [0, 0.05) is 25.2 Å². The summed E-state index contributed by atoms with van der Waals surface area (Å²) < 4.78 is 5.49. The van der Waals surface area contributed by atoms with E-state index < -0.39 is 0 Å². The van der Waals surface area contributed by atoms with Crippen molar-refractivity contribution in [1.82, 2.24) is 9.80 Å². The van der Waals surface area contributed by atoms with Crippen molar-refractivity contribution in [2.24, 2.45) is 5.92 Å². The number of nitrogens with zero attached hydrogens (tertiary/aromatic N) is 2. The molecular weight excluding hydrogens is 332 g/mol. The van der Waals surface area contributed by atoms with Crippen molar-refractivity contribution in [3.05, 3.63) is 60.7 Å². The summed E-state index contributed by atoms with van der Waals surface area (Å²) in [6, 6.07) is 10.2. The second-order valence-corrected chi connectivity index (χ2v) is 8.14. The van der Waals surface area contributed by atoms with E-state index >= 15 is 0 Å². The molecule has 1 aromatic rings. The van der Waals surface area contributed by atoms with Gasteiger partial charge in [-0.3, -0.25) is 9.80 Å². The van der Waals surface area contributed by atoms with E-state index in [0.29, 0.717) is 12.1 Å². The summed E-state index contributed by atoms with van der Waals surface area (Å²) in [5.74, 6) is 0.808. The minimum absolute atomic E-state index is 0.410. The molecule has 0 bridgehead atoms. The first-order valence-corrected chi connectivity index (χ1v) is 10.6. The van der Waals surface area contributed by atoms with Crippen LogP contribution in [-0.2, 0) is 17.6 Å². The molecule has 0 N–H and O–H groups in total. The summed E-state index contributed by atoms with van der Waals surface area (Å²) in [6.45, 7) is 16.4. The molecule has 0 aromatic heterocycles. The van der Waals surface area contributed by atoms with E-state index in [1.807, 2.05) is 0 Å². The van der Waals surface area contributed by atoms with Crippen molar-refractivity contribution in [3.8, 4) is 0 Å². The van der Waals surface area contributed by atoms with E-state index in [4.69, 9.17) is 4.74 Å². The van der Waals surface area contributed by atoms with Gasteiger partial charge in [-0.2, -0.15) is 0 Å². The van der Waals surface area contributed by atoms with E-state index in [1.165, 1.54) is 43.5 Å². The number of morpholine rings is 1. The summed E-state index contributed by atoms with van der Waals surface area (Å²) >= 11 is 0. The average molecular weight is 369 g/mol. The number of likely N-dealkylation sites (tertiary alicyclic amines) is 1. The molecule has 0 aliphatic carbocycles. The molecule has 27 heavy (non-hydrogen) atoms. The van der Waals surface area contributed by atoms with Crippen LogP contribution in [0, 0.1) is 5.92 Å². The highest BCUT2D eigenvalue weighted by Gasteiger charge is 2.22. The first-order valence-electron chi connectivity index (χ1n) is 10.6. The molecule has 2 saturated heterocycles. The normalized spacial score (nSPS) is 22.3. The quantitative estimate of drug-likeness (QED) is 0.646. The molecule has 2 atom stereocenters. The van der Waals surface area contributed by atoms with Gasteiger partial charge in [-0.1, -0.05) is 36.4 Å². The van der Waals surface area contributed by atoms with E-state index in [1.54, 1.807) is 0 Å². The van der Waals surface area contributed by atoms with Gasteiger partial charge in [0.1, 0.15) is 0 Å². The molecule has 3 rings (SSSR count). The van der Waals surface area contributed by atoms with Gasteiger partial charge < -0.3 is 4.74 Å². The Morgan fingerprint density at radius 1 is 1.04 bits per heavy atom. The lowest BCUT2D eigenvalue weighted by atomic mass is 9.88. The Bertz CT molecular complexity index is 600. The molecule has 1 aromatic carbocycles. The monoisotopic (exact) mass is 368 g/mol. The number of hydrogen-bond acceptors (Lipinski definition) is 3. The highest BCUT2D eigenvalue weighted by molar-refractivity contribution is 5.25. The Kier molecular flexibility index (Phi) is 7.69. The molecule has 2 fully saturated rings. The summed E-state index contributed by atoms with van der Waals surface area (Å²) in [5, 5.41) is 0. The maximum Gasteiger partial charge on any atom is 0.0594 e. The summed E-state index contributed by atoms with van der Waals surface area (Å²) in [5.41, 5.74) is 2.93. The van der Waals surface area contributed by atoms with Gasteiger partial charge in [0.15, 0.2) is 0 Å². The SMILES string of the molecule is C=CC(C)N1CCC(Cc2cccc(CC(C=C)N3CCOCC3)c2)CC1. The van der Waals surface area contributed by atoms with Crippen molar-refractivity contribution >= 4 is 0 Å². The van der Waals surface area contributed by atoms with Crippen LogP contribution in [-0.4, -0.2) is 61.3 Å². The minimum atomic E-state index is 0.410. The van der Waals surface area contributed by atoms with E-state index in [9.17, 15) is 0 Å². The third-order valence-electron chi connectivity index (χ3n) is 6.31. The molecule has 0 spiro atoms. The molecule has 2 aliphatic heterocycles. The second-order valence-electron chi connectivity index (χ2n) is 8.14. The summed E-state index contributed by atoms with van der Waals surface area (Å²) in [6.07, 6.45) is 9.02. The highest BCUT2D eigenvalue weighted by atomic mass is 16.5. The Balaban J connectivity index is 1.54. The topological polar surface area (TPSA) is 15.7 Å². The van der Waals surface area contributed by atoms with E-state index in [-0.39, 0.29) is 0 Å². The first-order chi connectivity index (χ1) is 13.2. The number of hydrogen-bond donors (Lipinski definition) is 0. The van der Waals surface area contributed by atoms with Crippen LogP contribution in [0.5, 0.6) is 0 Å². The Morgan fingerprint density at radius 2 is 1.74 bits per heavy atom. The predicted octanol–water partition coefficient (Wildman–Crippen LogP) is 3.94. The molecular formula is C24H36N2O. The summed E-state index contributed by atoms with van der Waals surface area (Å²) in [4.78, 5) is 5.05. The zero-order valence-corrected chi connectivity index (χ0v) is 17.0. The lowest BCUT2D eigenvalue weighted by molar-refractivity contribution is 0.0257. The van der Waals surface area contributed by atoms with Gasteiger partial charge in [-0.05, 0) is 62.7 Å². The molecule has 2 aliphatic rings. The van der Waals surface area contributed by atoms with Crippen molar-refractivity contribution in [3.63, 3.8) is 0 Å². The Hall–Kier alpha value is -1.42. The van der Waals surface area contributed by atoms with Gasteiger partial charge >= 0.3 is 0 Å². The lowest BCUT2D eigenvalue weighted by Gasteiger charge is -2.35. The van der Waals surface area contributed by atoms with Gasteiger partial charge in [0.25, 0.3) is 0 Å². The van der Waals surface area contributed by atoms with Crippen molar-refractivity contribution < 1.29 is 4.74 Å². The lowest BCUT2D eigenvalue weighted by Crippen LogP contribution is -2.43. The van der Waals surface area contributed by atoms with Gasteiger partial charge in [0.2, 0.25) is 0 Å². The number of piperidine rings is 1. The largest absolute Gasteiger partial charge is 0.379 e. The standard InChI is InChI=1S/C24H36N2O/c1-4-20(3)25-11-9-21(10-12-25)17-22-7-6-8-23(18-22)19-24(5-2)26-13-15-27-16-14-26/h4-8,18,20-21,24H,1-2,9-17,19H2,3H3. The molecule has 3 nitrogen and oxygen atoms in total. The Morgan fingerprint density at radius 3 is 2.41 bits per heavy atom. The number of rotatable bonds is 8. The fourth-order valence-electron chi connectivity index (χ4n) is 4.44. The maximum absolute atomic E-state index is 5.49. The third-order valence-corrected chi connectivity index (χ3v) is 6.31. The van der Waals surface area contributed by atoms with Crippen LogP contribution < -0.4 is 0 Å². The Labute approximate surface area is 165 Å². The fourth-order valence-corrected chi connectivity index (χ4v) is 4.44. The second kappa shape index (κ2) is 10.2. The van der Waals surface area contributed by atoms with Crippen LogP contribution in [0.4, 0.5) is 0 Å². The number of ether oxygens (including phenoxy) is 1. The van der Waals surface area contributed by atoms with Crippen LogP contribution in [0.2, 0.25) is 0 Å². The average Bonchev–Trinajstić information content (AvgIpc) is 2.73. The van der Waals surface area contributed by atoms with Crippen LogP contribution in [0.15, 0.2) is 49.6 Å².